The van der Waals surface area contributed by atoms with Gasteiger partial charge >= 0.3 is 5.97 Å². The van der Waals surface area contributed by atoms with Crippen LogP contribution in [0.25, 0.3) is 0 Å². The Kier molecular flexibility index (Phi) is 5.42. The van der Waals surface area contributed by atoms with Gasteiger partial charge in [-0.1, -0.05) is 26.7 Å². The summed E-state index contributed by atoms with van der Waals surface area (Å²) >= 11 is 0. The summed E-state index contributed by atoms with van der Waals surface area (Å²) in [6.45, 7) is 4.39. The third kappa shape index (κ3) is 3.92. The van der Waals surface area contributed by atoms with Crippen LogP contribution in [0.4, 0.5) is 0 Å². The zero-order chi connectivity index (χ0) is 9.19. The summed E-state index contributed by atoms with van der Waals surface area (Å²) in [6.07, 6.45) is 5.11. The van der Waals surface area contributed by atoms with Gasteiger partial charge in [0.25, 0.3) is 0 Å². The first-order valence-corrected chi connectivity index (χ1v) is 4.74. The van der Waals surface area contributed by atoms with E-state index in [4.69, 9.17) is 5.11 Å². The number of carboxylic acid groups (broad SMARTS) is 1. The van der Waals surface area contributed by atoms with Crippen molar-refractivity contribution in [2.45, 2.75) is 46.0 Å². The molecule has 0 heterocycles. The minimum absolute atomic E-state index is 0. The second kappa shape index (κ2) is 5.28. The van der Waals surface area contributed by atoms with Gasteiger partial charge in [-0.15, -0.1) is 0 Å². The van der Waals surface area contributed by atoms with Crippen LogP contribution >= 0.6 is 0 Å². The Balaban J connectivity index is 0.00000144. The van der Waals surface area contributed by atoms with Gasteiger partial charge < -0.3 is 5.11 Å². The van der Waals surface area contributed by atoms with Crippen LogP contribution < -0.4 is 0 Å². The molecule has 0 aromatic rings. The maximum Gasteiger partial charge on any atom is 0.303 e. The molecule has 0 amide bonds. The fourth-order valence-corrected chi connectivity index (χ4v) is 2.16. The van der Waals surface area contributed by atoms with E-state index in [1.54, 1.807) is 0 Å². The van der Waals surface area contributed by atoms with Crippen LogP contribution in [0.2, 0.25) is 0 Å². The molecule has 1 unspecified atom stereocenters. The molecule has 3 radical (unpaired) electrons. The maximum atomic E-state index is 10.6. The minimum Gasteiger partial charge on any atom is -0.481 e. The number of hydrogen-bond donors (Lipinski definition) is 1. The fourth-order valence-electron chi connectivity index (χ4n) is 2.16. The molecule has 0 aromatic carbocycles. The molecule has 1 N–H and O–H groups in total. The van der Waals surface area contributed by atoms with Crippen LogP contribution in [-0.2, 0) is 4.79 Å². The van der Waals surface area contributed by atoms with Crippen molar-refractivity contribution in [1.29, 1.82) is 0 Å². The predicted molar refractivity (Wildman–Crippen MR) is 53.7 cm³/mol. The third-order valence-corrected chi connectivity index (χ3v) is 3.15. The van der Waals surface area contributed by atoms with Crippen LogP contribution in [0.5, 0.6) is 0 Å². The molecule has 73 valence electrons. The van der Waals surface area contributed by atoms with Gasteiger partial charge in [0, 0.05) is 32.3 Å². The molecule has 0 bridgehead atoms. The SMILES string of the molecule is CC1(C)CCCCC1CC(=O)O.[In]. The van der Waals surface area contributed by atoms with Gasteiger partial charge in [-0.2, -0.15) is 0 Å². The molecule has 0 spiro atoms. The molecule has 0 aliphatic heterocycles. The maximum absolute atomic E-state index is 10.6. The number of carbonyl (C=O) groups is 1. The topological polar surface area (TPSA) is 37.3 Å². The number of rotatable bonds is 2. The first-order chi connectivity index (χ1) is 5.52. The van der Waals surface area contributed by atoms with Crippen molar-refractivity contribution in [2.24, 2.45) is 11.3 Å². The van der Waals surface area contributed by atoms with E-state index in [-0.39, 0.29) is 31.3 Å². The van der Waals surface area contributed by atoms with E-state index in [0.717, 1.165) is 6.42 Å². The van der Waals surface area contributed by atoms with E-state index in [1.165, 1.54) is 19.3 Å². The molecule has 1 atom stereocenters. The van der Waals surface area contributed by atoms with Crippen molar-refractivity contribution in [2.75, 3.05) is 0 Å². The van der Waals surface area contributed by atoms with E-state index < -0.39 is 5.97 Å². The van der Waals surface area contributed by atoms with Crippen molar-refractivity contribution in [3.63, 3.8) is 0 Å². The number of hydrogen-bond acceptors (Lipinski definition) is 1. The van der Waals surface area contributed by atoms with E-state index >= 15 is 0 Å². The molecule has 3 heteroatoms. The summed E-state index contributed by atoms with van der Waals surface area (Å²) in [4.78, 5) is 10.6. The van der Waals surface area contributed by atoms with Crippen molar-refractivity contribution in [3.8, 4) is 0 Å². The van der Waals surface area contributed by atoms with Crippen LogP contribution in [0.3, 0.4) is 0 Å². The zero-order valence-electron chi connectivity index (χ0n) is 8.55. The van der Waals surface area contributed by atoms with Gasteiger partial charge in [0.15, 0.2) is 0 Å². The summed E-state index contributed by atoms with van der Waals surface area (Å²) in [5.74, 6) is -0.251. The van der Waals surface area contributed by atoms with E-state index in [1.807, 2.05) is 0 Å². The van der Waals surface area contributed by atoms with Crippen molar-refractivity contribution in [1.82, 2.24) is 0 Å². The smallest absolute Gasteiger partial charge is 0.303 e. The molecule has 13 heavy (non-hydrogen) atoms. The van der Waals surface area contributed by atoms with Gasteiger partial charge in [0.2, 0.25) is 0 Å². The summed E-state index contributed by atoms with van der Waals surface area (Å²) in [6, 6.07) is 0. The summed E-state index contributed by atoms with van der Waals surface area (Å²) in [5, 5.41) is 8.70. The molecule has 1 aliphatic carbocycles. The van der Waals surface area contributed by atoms with Gasteiger partial charge in [0.05, 0.1) is 0 Å². The Morgan fingerprint density at radius 1 is 1.46 bits per heavy atom. The quantitative estimate of drug-likeness (QED) is 0.845. The largest absolute Gasteiger partial charge is 0.481 e. The molecule has 1 rings (SSSR count). The minimum atomic E-state index is -0.644. The van der Waals surface area contributed by atoms with Crippen LogP contribution in [-0.4, -0.2) is 36.9 Å². The molecule has 2 nitrogen and oxygen atoms in total. The van der Waals surface area contributed by atoms with Crippen molar-refractivity contribution >= 4 is 31.8 Å². The molecule has 1 fully saturated rings. The Morgan fingerprint density at radius 3 is 2.54 bits per heavy atom. The molecular formula is C10H18InO2. The van der Waals surface area contributed by atoms with Gasteiger partial charge in [-0.05, 0) is 24.2 Å². The van der Waals surface area contributed by atoms with Crippen LogP contribution in [0.15, 0.2) is 0 Å². The van der Waals surface area contributed by atoms with Crippen molar-refractivity contribution in [3.05, 3.63) is 0 Å². The summed E-state index contributed by atoms with van der Waals surface area (Å²) in [5.41, 5.74) is 0.247. The van der Waals surface area contributed by atoms with Crippen LogP contribution in [0, 0.1) is 11.3 Å². The Bertz CT molecular complexity index is 178. The Morgan fingerprint density at radius 2 is 2.08 bits per heavy atom. The molecule has 1 aliphatic rings. The summed E-state index contributed by atoms with van der Waals surface area (Å²) in [7, 11) is 0. The first-order valence-electron chi connectivity index (χ1n) is 4.74. The van der Waals surface area contributed by atoms with E-state index in [9.17, 15) is 4.79 Å². The number of aliphatic carboxylic acids is 1. The van der Waals surface area contributed by atoms with E-state index in [2.05, 4.69) is 13.8 Å². The third-order valence-electron chi connectivity index (χ3n) is 3.15. The van der Waals surface area contributed by atoms with E-state index in [0.29, 0.717) is 12.3 Å². The normalized spacial score (nSPS) is 26.2. The Labute approximate surface area is 98.9 Å². The Hall–Kier alpha value is 0.340. The average Bonchev–Trinajstić information content (AvgIpc) is 1.92. The second-order valence-electron chi connectivity index (χ2n) is 4.53. The molecule has 0 aromatic heterocycles. The van der Waals surface area contributed by atoms with Crippen LogP contribution in [0.1, 0.15) is 46.0 Å². The molecule has 0 saturated heterocycles. The zero-order valence-corrected chi connectivity index (χ0v) is 11.8. The number of carboxylic acids is 1. The standard InChI is InChI=1S/C10H18O2.In/c1-10(2)6-4-3-5-8(10)7-9(11)12;/h8H,3-7H2,1-2H3,(H,11,12);. The molecular weight excluding hydrogens is 267 g/mol. The predicted octanol–water partition coefficient (Wildman–Crippen LogP) is 2.30. The average molecular weight is 285 g/mol. The monoisotopic (exact) mass is 285 g/mol. The van der Waals surface area contributed by atoms with Gasteiger partial charge in [-0.3, -0.25) is 4.79 Å². The molecule has 1 saturated carbocycles. The fraction of sp³-hybridized carbons (Fsp3) is 0.900. The first kappa shape index (κ1) is 13.3. The van der Waals surface area contributed by atoms with Gasteiger partial charge in [-0.25, -0.2) is 0 Å². The van der Waals surface area contributed by atoms with Gasteiger partial charge in [0.1, 0.15) is 0 Å². The summed E-state index contributed by atoms with van der Waals surface area (Å²) < 4.78 is 0. The van der Waals surface area contributed by atoms with Crippen molar-refractivity contribution < 1.29 is 9.90 Å². The second-order valence-corrected chi connectivity index (χ2v) is 4.53.